The normalized spacial score (nSPS) is 11.0. The van der Waals surface area contributed by atoms with Crippen LogP contribution in [0.2, 0.25) is 0 Å². The molecule has 1 aromatic heterocycles. The molecule has 0 saturated heterocycles. The van der Waals surface area contributed by atoms with E-state index in [1.54, 1.807) is 17.0 Å². The second-order valence-corrected chi connectivity index (χ2v) is 6.73. The van der Waals surface area contributed by atoms with Crippen molar-refractivity contribution >= 4 is 34.7 Å². The van der Waals surface area contributed by atoms with E-state index in [9.17, 15) is 9.59 Å². The number of rotatable bonds is 7. The molecule has 0 spiro atoms. The molecule has 0 unspecified atom stereocenters. The summed E-state index contributed by atoms with van der Waals surface area (Å²) in [6, 6.07) is 14.3. The number of hydrogen-bond acceptors (Lipinski definition) is 2. The quantitative estimate of drug-likeness (QED) is 0.629. The minimum absolute atomic E-state index is 0.193. The van der Waals surface area contributed by atoms with Crippen LogP contribution in [0.3, 0.4) is 0 Å². The zero-order valence-corrected chi connectivity index (χ0v) is 14.9. The summed E-state index contributed by atoms with van der Waals surface area (Å²) >= 11 is 0. The van der Waals surface area contributed by atoms with Crippen molar-refractivity contribution in [2.45, 2.75) is 26.8 Å². The third-order valence-electron chi connectivity index (χ3n) is 4.47. The lowest BCUT2D eigenvalue weighted by Crippen LogP contribution is -2.14. The summed E-state index contributed by atoms with van der Waals surface area (Å²) in [5.74, 6) is -0.398. The van der Waals surface area contributed by atoms with E-state index in [1.807, 2.05) is 24.4 Å². The second-order valence-electron chi connectivity index (χ2n) is 6.73. The van der Waals surface area contributed by atoms with Gasteiger partial charge in [-0.25, -0.2) is 4.79 Å². The fourth-order valence-electron chi connectivity index (χ4n) is 3.02. The molecule has 134 valence electrons. The van der Waals surface area contributed by atoms with Crippen molar-refractivity contribution < 1.29 is 14.7 Å². The van der Waals surface area contributed by atoms with Crippen LogP contribution < -0.4 is 4.90 Å². The molecule has 5 heteroatoms. The van der Waals surface area contributed by atoms with E-state index in [4.69, 9.17) is 5.11 Å². The summed E-state index contributed by atoms with van der Waals surface area (Å²) in [6.45, 7) is 5.26. The standard InChI is InChI=1S/C21H22N2O3/c1-15(2)11-12-22-13-20(18-5-3-4-6-19(18)22)23(14-24)17-9-7-16(8-10-17)21(25)26/h3-10,13-15H,11-12H2,1-2H3,(H,25,26). The number of nitrogens with zero attached hydrogens (tertiary/aromatic N) is 2. The Morgan fingerprint density at radius 3 is 2.46 bits per heavy atom. The third kappa shape index (κ3) is 3.47. The average molecular weight is 350 g/mol. The molecule has 3 aromatic rings. The van der Waals surface area contributed by atoms with E-state index < -0.39 is 5.97 Å². The van der Waals surface area contributed by atoms with Crippen LogP contribution in [0.1, 0.15) is 30.6 Å². The summed E-state index contributed by atoms with van der Waals surface area (Å²) in [6.07, 6.45) is 3.81. The van der Waals surface area contributed by atoms with E-state index in [0.29, 0.717) is 11.6 Å². The molecule has 2 aromatic carbocycles. The van der Waals surface area contributed by atoms with Gasteiger partial charge in [0, 0.05) is 23.8 Å². The fourth-order valence-corrected chi connectivity index (χ4v) is 3.02. The van der Waals surface area contributed by atoms with E-state index in [-0.39, 0.29) is 5.56 Å². The zero-order valence-electron chi connectivity index (χ0n) is 14.9. The number of amides is 1. The van der Waals surface area contributed by atoms with Crippen LogP contribution in [0, 0.1) is 5.92 Å². The monoisotopic (exact) mass is 350 g/mol. The molecule has 0 bridgehead atoms. The van der Waals surface area contributed by atoms with Gasteiger partial charge in [-0.3, -0.25) is 9.69 Å². The van der Waals surface area contributed by atoms with Crippen molar-refractivity contribution in [2.24, 2.45) is 5.92 Å². The largest absolute Gasteiger partial charge is 0.478 e. The molecule has 0 radical (unpaired) electrons. The predicted octanol–water partition coefficient (Wildman–Crippen LogP) is 4.68. The van der Waals surface area contributed by atoms with Crippen LogP contribution in [0.5, 0.6) is 0 Å². The minimum atomic E-state index is -0.987. The van der Waals surface area contributed by atoms with Crippen LogP contribution in [-0.2, 0) is 11.3 Å². The highest BCUT2D eigenvalue weighted by Gasteiger charge is 2.16. The highest BCUT2D eigenvalue weighted by molar-refractivity contribution is 6.02. The number of carboxylic acids is 1. The first-order valence-corrected chi connectivity index (χ1v) is 8.67. The molecule has 5 nitrogen and oxygen atoms in total. The van der Waals surface area contributed by atoms with Gasteiger partial charge in [0.15, 0.2) is 0 Å². The molecule has 0 atom stereocenters. The first-order valence-electron chi connectivity index (χ1n) is 8.67. The van der Waals surface area contributed by atoms with Gasteiger partial charge in [0.2, 0.25) is 6.41 Å². The minimum Gasteiger partial charge on any atom is -0.478 e. The van der Waals surface area contributed by atoms with Crippen LogP contribution in [0.15, 0.2) is 54.7 Å². The Hall–Kier alpha value is -3.08. The predicted molar refractivity (Wildman–Crippen MR) is 103 cm³/mol. The van der Waals surface area contributed by atoms with Gasteiger partial charge in [-0.2, -0.15) is 0 Å². The topological polar surface area (TPSA) is 62.5 Å². The number of hydrogen-bond donors (Lipinski definition) is 1. The van der Waals surface area contributed by atoms with Gasteiger partial charge < -0.3 is 9.67 Å². The number of benzene rings is 2. The van der Waals surface area contributed by atoms with Gasteiger partial charge >= 0.3 is 5.97 Å². The summed E-state index contributed by atoms with van der Waals surface area (Å²) in [5.41, 5.74) is 2.70. The van der Waals surface area contributed by atoms with E-state index in [0.717, 1.165) is 36.0 Å². The third-order valence-corrected chi connectivity index (χ3v) is 4.47. The number of aromatic carboxylic acids is 1. The maximum Gasteiger partial charge on any atom is 0.335 e. The molecule has 3 rings (SSSR count). The smallest absolute Gasteiger partial charge is 0.335 e. The lowest BCUT2D eigenvalue weighted by molar-refractivity contribution is -0.106. The van der Waals surface area contributed by atoms with E-state index >= 15 is 0 Å². The number of para-hydroxylation sites is 1. The molecule has 1 amide bonds. The summed E-state index contributed by atoms with van der Waals surface area (Å²) in [4.78, 5) is 24.4. The molecule has 26 heavy (non-hydrogen) atoms. The maximum absolute atomic E-state index is 11.8. The molecule has 0 saturated carbocycles. The van der Waals surface area contributed by atoms with Crippen molar-refractivity contribution in [2.75, 3.05) is 4.90 Å². The number of aromatic nitrogens is 1. The molecular weight excluding hydrogens is 328 g/mol. The van der Waals surface area contributed by atoms with Crippen LogP contribution >= 0.6 is 0 Å². The van der Waals surface area contributed by atoms with Gasteiger partial charge in [0.25, 0.3) is 0 Å². The highest BCUT2D eigenvalue weighted by atomic mass is 16.4. The summed E-state index contributed by atoms with van der Waals surface area (Å²) < 4.78 is 2.17. The number of aryl methyl sites for hydroxylation is 1. The van der Waals surface area contributed by atoms with Crippen molar-refractivity contribution in [1.82, 2.24) is 4.57 Å². The fraction of sp³-hybridized carbons (Fsp3) is 0.238. The number of carboxylic acid groups (broad SMARTS) is 1. The summed E-state index contributed by atoms with van der Waals surface area (Å²) in [7, 11) is 0. The van der Waals surface area contributed by atoms with Crippen molar-refractivity contribution in [1.29, 1.82) is 0 Å². The zero-order chi connectivity index (χ0) is 18.7. The van der Waals surface area contributed by atoms with Crippen LogP contribution in [-0.4, -0.2) is 22.1 Å². The van der Waals surface area contributed by atoms with Crippen molar-refractivity contribution in [3.05, 3.63) is 60.3 Å². The van der Waals surface area contributed by atoms with E-state index in [2.05, 4.69) is 24.5 Å². The highest BCUT2D eigenvalue weighted by Crippen LogP contribution is 2.33. The Kier molecular flexibility index (Phi) is 5.07. The Labute approximate surface area is 152 Å². The van der Waals surface area contributed by atoms with Gasteiger partial charge in [-0.1, -0.05) is 32.0 Å². The lowest BCUT2D eigenvalue weighted by atomic mass is 10.1. The molecule has 0 aliphatic carbocycles. The number of carbonyl (C=O) groups excluding carboxylic acids is 1. The Balaban J connectivity index is 2.04. The van der Waals surface area contributed by atoms with Crippen LogP contribution in [0.25, 0.3) is 10.9 Å². The van der Waals surface area contributed by atoms with Gasteiger partial charge in [0.1, 0.15) is 0 Å². The van der Waals surface area contributed by atoms with Gasteiger partial charge in [0.05, 0.1) is 16.8 Å². The second kappa shape index (κ2) is 7.44. The average Bonchev–Trinajstić information content (AvgIpc) is 3.00. The van der Waals surface area contributed by atoms with Crippen LogP contribution in [0.4, 0.5) is 11.4 Å². The molecular formula is C21H22N2O3. The van der Waals surface area contributed by atoms with Gasteiger partial charge in [-0.05, 0) is 42.7 Å². The molecule has 1 heterocycles. The Morgan fingerprint density at radius 1 is 1.15 bits per heavy atom. The van der Waals surface area contributed by atoms with Gasteiger partial charge in [-0.15, -0.1) is 0 Å². The molecule has 0 fully saturated rings. The summed E-state index contributed by atoms with van der Waals surface area (Å²) in [5, 5.41) is 10.0. The maximum atomic E-state index is 11.8. The SMILES string of the molecule is CC(C)CCn1cc(N(C=O)c2ccc(C(=O)O)cc2)c2ccccc21. The molecule has 0 aliphatic rings. The van der Waals surface area contributed by atoms with E-state index in [1.165, 1.54) is 12.1 Å². The first-order chi connectivity index (χ1) is 12.5. The van der Waals surface area contributed by atoms with Crippen molar-refractivity contribution in [3.63, 3.8) is 0 Å². The lowest BCUT2D eigenvalue weighted by Gasteiger charge is -2.16. The Bertz CT molecular complexity index is 926. The molecule has 0 aliphatic heterocycles. The number of anilines is 2. The first kappa shape index (κ1) is 17.7. The van der Waals surface area contributed by atoms with Crippen molar-refractivity contribution in [3.8, 4) is 0 Å². The molecule has 1 N–H and O–H groups in total. The number of fused-ring (bicyclic) bond motifs is 1. The number of carbonyl (C=O) groups is 2. The Morgan fingerprint density at radius 2 is 1.85 bits per heavy atom.